The average Bonchev–Trinajstić information content (AvgIpc) is 2.96. The molecule has 0 radical (unpaired) electrons. The third-order valence-electron chi connectivity index (χ3n) is 7.19. The molecule has 1 aliphatic heterocycles. The number of fused-ring (bicyclic) bond motifs is 1. The second kappa shape index (κ2) is 12.3. The molecular weight excluding hydrogens is 532 g/mol. The van der Waals surface area contributed by atoms with E-state index >= 15 is 0 Å². The highest BCUT2D eigenvalue weighted by Gasteiger charge is 2.39. The highest BCUT2D eigenvalue weighted by molar-refractivity contribution is 7.98. The number of hydrogen-bond donors (Lipinski definition) is 1. The van der Waals surface area contributed by atoms with Crippen LogP contribution in [0.1, 0.15) is 51.6 Å². The van der Waals surface area contributed by atoms with Crippen LogP contribution in [-0.4, -0.2) is 39.3 Å². The van der Waals surface area contributed by atoms with Crippen molar-refractivity contribution in [2.75, 3.05) is 23.7 Å². The van der Waals surface area contributed by atoms with Crippen molar-refractivity contribution in [1.29, 1.82) is 0 Å². The van der Waals surface area contributed by atoms with Gasteiger partial charge < -0.3 is 14.8 Å². The van der Waals surface area contributed by atoms with E-state index in [2.05, 4.69) is 19.2 Å². The molecule has 9 heteroatoms. The summed E-state index contributed by atoms with van der Waals surface area (Å²) in [7, 11) is -4.09. The zero-order chi connectivity index (χ0) is 28.0. The lowest BCUT2D eigenvalue weighted by atomic mass is 9.83. The zero-order valence-electron chi connectivity index (χ0n) is 22.8. The number of nitrogens with zero attached hydrogens (tertiary/aromatic N) is 1. The summed E-state index contributed by atoms with van der Waals surface area (Å²) in [4.78, 5) is 14.7. The second-order valence-corrected chi connectivity index (χ2v) is 12.2. The molecule has 0 fully saturated rings. The summed E-state index contributed by atoms with van der Waals surface area (Å²) in [6, 6.07) is 20.9. The molecule has 3 aromatic rings. The first kappa shape index (κ1) is 28.8. The maximum atomic E-state index is 14.0. The largest absolute Gasteiger partial charge is 0.492 e. The van der Waals surface area contributed by atoms with E-state index in [9.17, 15) is 13.2 Å². The van der Waals surface area contributed by atoms with Gasteiger partial charge >= 0.3 is 0 Å². The molecule has 1 amide bonds. The number of anilines is 1. The van der Waals surface area contributed by atoms with E-state index in [1.807, 2.05) is 37.4 Å². The van der Waals surface area contributed by atoms with Gasteiger partial charge in [0.15, 0.2) is 0 Å². The Morgan fingerprint density at radius 1 is 1.03 bits per heavy atom. The minimum Gasteiger partial charge on any atom is -0.492 e. The van der Waals surface area contributed by atoms with Gasteiger partial charge in [0.25, 0.3) is 10.0 Å². The normalized spacial score (nSPS) is 16.1. The molecule has 4 rings (SSSR count). The first-order valence-electron chi connectivity index (χ1n) is 13.2. The Morgan fingerprint density at radius 2 is 1.69 bits per heavy atom. The fraction of sp³-hybridized carbons (Fsp3) is 0.367. The summed E-state index contributed by atoms with van der Waals surface area (Å²) >= 11 is 1.53. The lowest BCUT2D eigenvalue weighted by molar-refractivity contribution is -0.121. The van der Waals surface area contributed by atoms with Crippen molar-refractivity contribution in [2.24, 2.45) is 0 Å². The van der Waals surface area contributed by atoms with Gasteiger partial charge in [-0.25, -0.2) is 8.42 Å². The Labute approximate surface area is 236 Å². The Hall–Kier alpha value is -3.17. The van der Waals surface area contributed by atoms with E-state index in [0.717, 1.165) is 33.4 Å². The topological polar surface area (TPSA) is 84.9 Å². The van der Waals surface area contributed by atoms with Crippen molar-refractivity contribution in [3.8, 4) is 11.5 Å². The summed E-state index contributed by atoms with van der Waals surface area (Å²) in [5, 5.41) is 3.12. The first-order valence-corrected chi connectivity index (χ1v) is 15.9. The van der Waals surface area contributed by atoms with Crippen molar-refractivity contribution in [1.82, 2.24) is 5.32 Å². The molecule has 1 atom stereocenters. The van der Waals surface area contributed by atoms with Crippen LogP contribution in [0.3, 0.4) is 0 Å². The fourth-order valence-corrected chi connectivity index (χ4v) is 6.76. The number of nitrogens with one attached hydrogen (secondary N) is 1. The lowest BCUT2D eigenvalue weighted by Gasteiger charge is -2.41. The molecule has 3 aromatic carbocycles. The number of sulfonamides is 1. The lowest BCUT2D eigenvalue weighted by Crippen LogP contribution is -2.47. The summed E-state index contributed by atoms with van der Waals surface area (Å²) < 4.78 is 41.2. The van der Waals surface area contributed by atoms with E-state index in [4.69, 9.17) is 9.47 Å². The van der Waals surface area contributed by atoms with Gasteiger partial charge in [0.2, 0.25) is 5.91 Å². The Kier molecular flexibility index (Phi) is 9.12. The maximum absolute atomic E-state index is 14.0. The molecule has 0 aliphatic carbocycles. The highest BCUT2D eigenvalue weighted by Crippen LogP contribution is 2.42. The number of amides is 1. The first-order chi connectivity index (χ1) is 18.8. The molecule has 1 aliphatic rings. The average molecular weight is 569 g/mol. The van der Waals surface area contributed by atoms with Crippen molar-refractivity contribution < 1.29 is 22.7 Å². The molecule has 0 spiro atoms. The van der Waals surface area contributed by atoms with Crippen molar-refractivity contribution in [3.63, 3.8) is 0 Å². The van der Waals surface area contributed by atoms with Crippen LogP contribution in [-0.2, 0) is 14.8 Å². The van der Waals surface area contributed by atoms with Crippen LogP contribution in [0.15, 0.2) is 82.6 Å². The number of rotatable bonds is 11. The molecule has 39 heavy (non-hydrogen) atoms. The molecule has 1 unspecified atom stereocenters. The van der Waals surface area contributed by atoms with Crippen molar-refractivity contribution >= 4 is 33.4 Å². The predicted octanol–water partition coefficient (Wildman–Crippen LogP) is 6.20. The van der Waals surface area contributed by atoms with Crippen LogP contribution < -0.4 is 19.1 Å². The van der Waals surface area contributed by atoms with Gasteiger partial charge in [0.05, 0.1) is 23.2 Å². The van der Waals surface area contributed by atoms with E-state index in [1.54, 1.807) is 48.5 Å². The van der Waals surface area contributed by atoms with E-state index < -0.39 is 28.1 Å². The van der Waals surface area contributed by atoms with Gasteiger partial charge in [0.1, 0.15) is 23.6 Å². The summed E-state index contributed by atoms with van der Waals surface area (Å²) in [6.45, 7) is 5.95. The summed E-state index contributed by atoms with van der Waals surface area (Å²) in [5.74, 6) is 0.732. The van der Waals surface area contributed by atoms with Crippen LogP contribution in [0.4, 0.5) is 5.69 Å². The van der Waals surface area contributed by atoms with Gasteiger partial charge in [-0.1, -0.05) is 44.2 Å². The molecule has 0 saturated heterocycles. The van der Waals surface area contributed by atoms with Crippen molar-refractivity contribution in [2.45, 2.75) is 61.5 Å². The van der Waals surface area contributed by atoms with Gasteiger partial charge in [0, 0.05) is 16.9 Å². The van der Waals surface area contributed by atoms with E-state index in [0.29, 0.717) is 24.5 Å². The predicted molar refractivity (Wildman–Crippen MR) is 156 cm³/mol. The third-order valence-corrected chi connectivity index (χ3v) is 9.71. The second-order valence-electron chi connectivity index (χ2n) is 9.44. The molecule has 208 valence electrons. The van der Waals surface area contributed by atoms with Crippen LogP contribution >= 0.6 is 11.8 Å². The minimum atomic E-state index is -4.09. The summed E-state index contributed by atoms with van der Waals surface area (Å²) in [6.07, 6.45) is 4.11. The van der Waals surface area contributed by atoms with Crippen LogP contribution in [0.5, 0.6) is 11.5 Å². The third kappa shape index (κ3) is 6.20. The number of hydrogen-bond acceptors (Lipinski definition) is 6. The van der Waals surface area contributed by atoms with Crippen LogP contribution in [0.25, 0.3) is 0 Å². The number of carbonyl (C=O) groups is 1. The Morgan fingerprint density at radius 3 is 2.36 bits per heavy atom. The quantitative estimate of drug-likeness (QED) is 0.277. The number of benzene rings is 3. The number of para-hydroxylation sites is 3. The molecule has 1 N–H and O–H groups in total. The maximum Gasteiger partial charge on any atom is 0.264 e. The molecular formula is C30H36N2O5S2. The Balaban J connectivity index is 1.69. The fourth-order valence-electron chi connectivity index (χ4n) is 4.92. The highest BCUT2D eigenvalue weighted by atomic mass is 32.2. The zero-order valence-corrected chi connectivity index (χ0v) is 24.5. The van der Waals surface area contributed by atoms with E-state index in [1.165, 1.54) is 11.8 Å². The van der Waals surface area contributed by atoms with E-state index in [-0.39, 0.29) is 10.9 Å². The molecule has 0 saturated carbocycles. The SMILES string of the molecule is CCOc1ccccc1N(CC(=O)NC1CC(CC)(CC)Oc2ccccc21)S(=O)(=O)c1ccc(SC)cc1. The number of carbonyl (C=O) groups excluding carboxylic acids is 1. The van der Waals surface area contributed by atoms with Gasteiger partial charge in [-0.3, -0.25) is 9.10 Å². The molecule has 7 nitrogen and oxygen atoms in total. The van der Waals surface area contributed by atoms with Gasteiger partial charge in [-0.2, -0.15) is 0 Å². The molecule has 0 bridgehead atoms. The smallest absolute Gasteiger partial charge is 0.264 e. The molecule has 0 aromatic heterocycles. The minimum absolute atomic E-state index is 0.104. The number of thioether (sulfide) groups is 1. The van der Waals surface area contributed by atoms with Crippen LogP contribution in [0.2, 0.25) is 0 Å². The summed E-state index contributed by atoms with van der Waals surface area (Å²) in [5.41, 5.74) is 0.797. The van der Waals surface area contributed by atoms with Gasteiger partial charge in [-0.05, 0) is 68.5 Å². The molecule has 1 heterocycles. The van der Waals surface area contributed by atoms with Gasteiger partial charge in [-0.15, -0.1) is 11.8 Å². The number of ether oxygens (including phenoxy) is 2. The standard InChI is InChI=1S/C30H36N2O5S2/c1-5-30(6-2)20-25(24-12-8-10-14-27(24)37-30)31-29(33)21-32(26-13-9-11-15-28(26)36-7-3)39(34,35)23-18-16-22(38-4)17-19-23/h8-19,25H,5-7,20-21H2,1-4H3,(H,31,33). The van der Waals surface area contributed by atoms with Crippen molar-refractivity contribution in [3.05, 3.63) is 78.4 Å². The van der Waals surface area contributed by atoms with Crippen LogP contribution in [0, 0.1) is 0 Å². The monoisotopic (exact) mass is 568 g/mol. The Bertz CT molecular complexity index is 1390.